The molecule has 0 saturated heterocycles. The number of nitrogen functional groups attached to an aromatic ring is 1. The van der Waals surface area contributed by atoms with E-state index in [0.29, 0.717) is 20.7 Å². The zero-order chi connectivity index (χ0) is 13.8. The van der Waals surface area contributed by atoms with Gasteiger partial charge in [-0.05, 0) is 11.4 Å². The predicted molar refractivity (Wildman–Crippen MR) is 74.5 cm³/mol. The second kappa shape index (κ2) is 5.81. The summed E-state index contributed by atoms with van der Waals surface area (Å²) in [5.41, 5.74) is 6.15. The molecule has 100 valence electrons. The van der Waals surface area contributed by atoms with Crippen molar-refractivity contribution in [3.8, 4) is 0 Å². The van der Waals surface area contributed by atoms with Gasteiger partial charge in [0.05, 0.1) is 24.1 Å². The first kappa shape index (κ1) is 13.5. The van der Waals surface area contributed by atoms with Gasteiger partial charge in [0, 0.05) is 0 Å². The van der Waals surface area contributed by atoms with Gasteiger partial charge in [-0.25, -0.2) is 4.98 Å². The molecule has 3 N–H and O–H groups in total. The Labute approximate surface area is 117 Å². The highest BCUT2D eigenvalue weighted by atomic mass is 32.1. The van der Waals surface area contributed by atoms with E-state index in [1.807, 2.05) is 5.38 Å². The fourth-order valence-corrected chi connectivity index (χ4v) is 2.68. The van der Waals surface area contributed by atoms with Crippen LogP contribution in [-0.2, 0) is 16.0 Å². The highest BCUT2D eigenvalue weighted by Crippen LogP contribution is 2.26. The first-order valence-electron chi connectivity index (χ1n) is 5.27. The van der Waals surface area contributed by atoms with Crippen molar-refractivity contribution < 1.29 is 14.3 Å². The first-order valence-corrected chi connectivity index (χ1v) is 6.96. The van der Waals surface area contributed by atoms with Gasteiger partial charge in [-0.15, -0.1) is 11.3 Å². The summed E-state index contributed by atoms with van der Waals surface area (Å²) < 4.78 is 4.54. The number of hydrogen-bond donors (Lipinski definition) is 2. The molecular weight excluding hydrogens is 286 g/mol. The maximum atomic E-state index is 11.8. The highest BCUT2D eigenvalue weighted by Gasteiger charge is 2.15. The molecule has 2 heterocycles. The number of nitrogens with two attached hydrogens (primary N) is 1. The number of aromatic nitrogens is 1. The number of carbonyl (C=O) groups is 2. The molecule has 8 heteroatoms. The minimum atomic E-state index is -0.423. The molecule has 0 unspecified atom stereocenters. The molecule has 0 atom stereocenters. The number of hydrogen-bond acceptors (Lipinski definition) is 7. The molecule has 6 nitrogen and oxygen atoms in total. The van der Waals surface area contributed by atoms with E-state index in [9.17, 15) is 9.59 Å². The van der Waals surface area contributed by atoms with Gasteiger partial charge in [0.1, 0.15) is 5.00 Å². The fraction of sp³-hybridized carbons (Fsp3) is 0.182. The van der Waals surface area contributed by atoms with Crippen molar-refractivity contribution in [2.45, 2.75) is 6.42 Å². The van der Waals surface area contributed by atoms with Crippen LogP contribution in [0.3, 0.4) is 0 Å². The van der Waals surface area contributed by atoms with Crippen LogP contribution in [0.4, 0.5) is 10.1 Å². The highest BCUT2D eigenvalue weighted by molar-refractivity contribution is 7.19. The van der Waals surface area contributed by atoms with E-state index < -0.39 is 5.97 Å². The molecule has 2 rings (SSSR count). The van der Waals surface area contributed by atoms with Crippen molar-refractivity contribution in [2.75, 3.05) is 18.2 Å². The van der Waals surface area contributed by atoms with Crippen molar-refractivity contribution in [3.05, 3.63) is 28.1 Å². The van der Waals surface area contributed by atoms with Gasteiger partial charge in [-0.3, -0.25) is 14.9 Å². The largest absolute Gasteiger partial charge is 0.469 e. The lowest BCUT2D eigenvalue weighted by Crippen LogP contribution is -2.10. The first-order chi connectivity index (χ1) is 9.10. The predicted octanol–water partition coefficient (Wildman–Crippen LogP) is 1.75. The Hall–Kier alpha value is -1.93. The van der Waals surface area contributed by atoms with E-state index in [2.05, 4.69) is 15.0 Å². The molecule has 2 aromatic rings. The Bertz CT molecular complexity index is 592. The molecule has 2 aromatic heterocycles. The van der Waals surface area contributed by atoms with Crippen LogP contribution in [0.25, 0.3) is 0 Å². The summed E-state index contributed by atoms with van der Waals surface area (Å²) in [5.74, 6) is -0.665. The summed E-state index contributed by atoms with van der Waals surface area (Å²) in [6.07, 6.45) is -0.00624. The minimum Gasteiger partial charge on any atom is -0.469 e. The molecule has 1 amide bonds. The molecule has 0 aliphatic carbocycles. The van der Waals surface area contributed by atoms with Crippen LogP contribution in [0.1, 0.15) is 15.4 Å². The molecule has 0 aliphatic heterocycles. The summed E-state index contributed by atoms with van der Waals surface area (Å²) in [7, 11) is 1.30. The van der Waals surface area contributed by atoms with Crippen molar-refractivity contribution in [3.63, 3.8) is 0 Å². The van der Waals surface area contributed by atoms with E-state index >= 15 is 0 Å². The maximum Gasteiger partial charge on any atom is 0.311 e. The van der Waals surface area contributed by atoms with Crippen molar-refractivity contribution in [2.24, 2.45) is 0 Å². The molecule has 0 aliphatic rings. The summed E-state index contributed by atoms with van der Waals surface area (Å²) in [5, 5.41) is 5.22. The number of carbonyl (C=O) groups excluding carboxylic acids is 2. The quantitative estimate of drug-likeness (QED) is 0.838. The van der Waals surface area contributed by atoms with E-state index in [4.69, 9.17) is 5.73 Å². The number of nitrogens with one attached hydrogen (secondary N) is 1. The van der Waals surface area contributed by atoms with Gasteiger partial charge in [0.2, 0.25) is 0 Å². The number of thiazole rings is 1. The van der Waals surface area contributed by atoms with Crippen molar-refractivity contribution in [1.82, 2.24) is 4.98 Å². The van der Waals surface area contributed by atoms with Crippen LogP contribution >= 0.6 is 22.7 Å². The number of nitrogens with zero attached hydrogens (tertiary/aromatic N) is 1. The molecule has 0 bridgehead atoms. The van der Waals surface area contributed by atoms with Crippen LogP contribution in [0, 0.1) is 0 Å². The SMILES string of the molecule is COC(=O)Cc1nc(NC(=O)c2cccs2)sc1N. The normalized spacial score (nSPS) is 10.2. The van der Waals surface area contributed by atoms with E-state index in [1.54, 1.807) is 12.1 Å². The summed E-state index contributed by atoms with van der Waals surface area (Å²) >= 11 is 2.46. The Kier molecular flexibility index (Phi) is 4.13. The molecular formula is C11H11N3O3S2. The molecule has 0 fully saturated rings. The molecule has 19 heavy (non-hydrogen) atoms. The second-order valence-corrected chi connectivity index (χ2v) is 5.49. The van der Waals surface area contributed by atoms with E-state index in [1.165, 1.54) is 18.4 Å². The zero-order valence-corrected chi connectivity index (χ0v) is 11.6. The fourth-order valence-electron chi connectivity index (χ4n) is 1.32. The lowest BCUT2D eigenvalue weighted by Gasteiger charge is -1.97. The van der Waals surface area contributed by atoms with Gasteiger partial charge in [0.25, 0.3) is 5.91 Å². The number of amides is 1. The number of methoxy groups -OCH3 is 1. The number of esters is 1. The second-order valence-electron chi connectivity index (χ2n) is 3.51. The summed E-state index contributed by atoms with van der Waals surface area (Å²) in [6.45, 7) is 0. The molecule has 0 spiro atoms. The topological polar surface area (TPSA) is 94.3 Å². The standard InChI is InChI=1S/C11H11N3O3S2/c1-17-8(15)5-6-9(12)19-11(13-6)14-10(16)7-3-2-4-18-7/h2-4H,5,12H2,1H3,(H,13,14,16). The van der Waals surface area contributed by atoms with Gasteiger partial charge in [-0.2, -0.15) is 0 Å². The van der Waals surface area contributed by atoms with Crippen molar-refractivity contribution in [1.29, 1.82) is 0 Å². The average Bonchev–Trinajstić information content (AvgIpc) is 3.00. The monoisotopic (exact) mass is 297 g/mol. The maximum absolute atomic E-state index is 11.8. The third kappa shape index (κ3) is 3.30. The number of ether oxygens (including phenoxy) is 1. The van der Waals surface area contributed by atoms with Crippen LogP contribution in [0.2, 0.25) is 0 Å². The smallest absolute Gasteiger partial charge is 0.311 e. The van der Waals surface area contributed by atoms with Gasteiger partial charge < -0.3 is 10.5 Å². The third-order valence-electron chi connectivity index (χ3n) is 2.23. The zero-order valence-electron chi connectivity index (χ0n) is 10.0. The van der Waals surface area contributed by atoms with Crippen LogP contribution in [0.5, 0.6) is 0 Å². The lowest BCUT2D eigenvalue weighted by atomic mass is 10.3. The number of thiophene rings is 1. The van der Waals surface area contributed by atoms with Crippen LogP contribution < -0.4 is 11.1 Å². The molecule has 0 aromatic carbocycles. The van der Waals surface area contributed by atoms with E-state index in [-0.39, 0.29) is 12.3 Å². The van der Waals surface area contributed by atoms with Crippen molar-refractivity contribution >= 4 is 44.7 Å². The summed E-state index contributed by atoms with van der Waals surface area (Å²) in [4.78, 5) is 27.7. The molecule has 0 radical (unpaired) electrons. The van der Waals surface area contributed by atoms with Gasteiger partial charge in [0.15, 0.2) is 5.13 Å². The third-order valence-corrected chi connectivity index (χ3v) is 3.94. The Morgan fingerprint density at radius 2 is 2.32 bits per heavy atom. The van der Waals surface area contributed by atoms with Crippen LogP contribution in [0.15, 0.2) is 17.5 Å². The number of rotatable bonds is 4. The van der Waals surface area contributed by atoms with Gasteiger partial charge >= 0.3 is 5.97 Å². The minimum absolute atomic E-state index is 0.00624. The Morgan fingerprint density at radius 3 is 2.95 bits per heavy atom. The summed E-state index contributed by atoms with van der Waals surface area (Å²) in [6, 6.07) is 3.50. The van der Waals surface area contributed by atoms with Gasteiger partial charge in [-0.1, -0.05) is 17.4 Å². The number of anilines is 2. The molecule has 0 saturated carbocycles. The average molecular weight is 297 g/mol. The Balaban J connectivity index is 2.08. The van der Waals surface area contributed by atoms with Crippen LogP contribution in [-0.4, -0.2) is 24.0 Å². The Morgan fingerprint density at radius 1 is 1.53 bits per heavy atom. The van der Waals surface area contributed by atoms with E-state index in [0.717, 1.165) is 11.3 Å². The lowest BCUT2D eigenvalue weighted by molar-refractivity contribution is -0.139.